The van der Waals surface area contributed by atoms with E-state index in [4.69, 9.17) is 4.74 Å². The van der Waals surface area contributed by atoms with Crippen LogP contribution in [0.4, 0.5) is 13.2 Å². The van der Waals surface area contributed by atoms with Gasteiger partial charge < -0.3 is 9.84 Å². The van der Waals surface area contributed by atoms with Crippen molar-refractivity contribution < 1.29 is 27.8 Å². The van der Waals surface area contributed by atoms with Gasteiger partial charge in [0.05, 0.1) is 12.5 Å². The number of aliphatic carboxylic acids is 1. The van der Waals surface area contributed by atoms with Gasteiger partial charge in [0.15, 0.2) is 0 Å². The third-order valence-electron chi connectivity index (χ3n) is 4.95. The minimum absolute atomic E-state index is 0.124. The number of carboxylic acid groups (broad SMARTS) is 1. The highest BCUT2D eigenvalue weighted by atomic mass is 19.4. The number of ether oxygens (including phenoxy) is 1. The molecule has 0 spiro atoms. The molecule has 1 unspecified atom stereocenters. The zero-order chi connectivity index (χ0) is 20.3. The lowest BCUT2D eigenvalue weighted by molar-refractivity contribution is -0.142. The second-order valence-corrected chi connectivity index (χ2v) is 7.24. The summed E-state index contributed by atoms with van der Waals surface area (Å²) < 4.78 is 47.5. The van der Waals surface area contributed by atoms with Crippen molar-refractivity contribution in [3.8, 4) is 16.9 Å². The van der Waals surface area contributed by atoms with E-state index in [0.29, 0.717) is 12.0 Å². The summed E-state index contributed by atoms with van der Waals surface area (Å²) in [5.74, 6) is -2.51. The van der Waals surface area contributed by atoms with Crippen LogP contribution in [0, 0.1) is 5.92 Å². The molecule has 1 N–H and O–H groups in total. The molecule has 28 heavy (non-hydrogen) atoms. The SMILES string of the molecule is CCCC(C(=O)O)c1cc(-c2ccccc2)cc(OCC2CC2)c1C(F)(F)F. The Labute approximate surface area is 162 Å². The van der Waals surface area contributed by atoms with Crippen LogP contribution in [0.15, 0.2) is 42.5 Å². The van der Waals surface area contributed by atoms with Crippen LogP contribution in [-0.2, 0) is 11.0 Å². The summed E-state index contributed by atoms with van der Waals surface area (Å²) in [6.45, 7) is 1.97. The summed E-state index contributed by atoms with van der Waals surface area (Å²) in [6.07, 6.45) is -2.23. The topological polar surface area (TPSA) is 46.5 Å². The van der Waals surface area contributed by atoms with Crippen LogP contribution in [0.2, 0.25) is 0 Å². The number of alkyl halides is 3. The quantitative estimate of drug-likeness (QED) is 0.588. The van der Waals surface area contributed by atoms with Gasteiger partial charge >= 0.3 is 12.1 Å². The van der Waals surface area contributed by atoms with Gasteiger partial charge in [-0.3, -0.25) is 4.79 Å². The number of rotatable bonds is 8. The molecule has 6 heteroatoms. The standard InChI is InChI=1S/C22H23F3O3/c1-2-6-17(21(26)27)18-11-16(15-7-4-3-5-8-15)12-19(20(18)22(23,24)25)28-13-14-9-10-14/h3-5,7-8,11-12,14,17H,2,6,9-10,13H2,1H3,(H,26,27). The molecule has 3 rings (SSSR count). The number of hydrogen-bond acceptors (Lipinski definition) is 2. The lowest BCUT2D eigenvalue weighted by Gasteiger charge is -2.23. The Bertz CT molecular complexity index is 827. The third kappa shape index (κ3) is 4.66. The molecule has 1 saturated carbocycles. The van der Waals surface area contributed by atoms with Gasteiger partial charge in [0, 0.05) is 0 Å². The van der Waals surface area contributed by atoms with Crippen molar-refractivity contribution in [1.82, 2.24) is 0 Å². The largest absolute Gasteiger partial charge is 0.493 e. The number of benzene rings is 2. The van der Waals surface area contributed by atoms with Gasteiger partial charge in [-0.1, -0.05) is 43.7 Å². The summed E-state index contributed by atoms with van der Waals surface area (Å²) in [4.78, 5) is 11.8. The van der Waals surface area contributed by atoms with Crippen LogP contribution >= 0.6 is 0 Å². The first-order chi connectivity index (χ1) is 13.3. The van der Waals surface area contributed by atoms with Gasteiger partial charge in [-0.05, 0) is 54.0 Å². The van der Waals surface area contributed by atoms with Crippen molar-refractivity contribution >= 4 is 5.97 Å². The zero-order valence-corrected chi connectivity index (χ0v) is 15.6. The highest BCUT2D eigenvalue weighted by Crippen LogP contribution is 2.45. The lowest BCUT2D eigenvalue weighted by atomic mass is 9.87. The fraction of sp³-hybridized carbons (Fsp3) is 0.409. The number of carboxylic acids is 1. The molecule has 0 saturated heterocycles. The van der Waals surface area contributed by atoms with Gasteiger partial charge in [-0.25, -0.2) is 0 Å². The molecule has 0 bridgehead atoms. The third-order valence-corrected chi connectivity index (χ3v) is 4.95. The van der Waals surface area contributed by atoms with Crippen molar-refractivity contribution in [1.29, 1.82) is 0 Å². The first-order valence-corrected chi connectivity index (χ1v) is 9.47. The minimum atomic E-state index is -4.70. The molecule has 0 aliphatic heterocycles. The second-order valence-electron chi connectivity index (χ2n) is 7.24. The molecular formula is C22H23F3O3. The van der Waals surface area contributed by atoms with Gasteiger partial charge in [-0.2, -0.15) is 13.2 Å². The number of carbonyl (C=O) groups is 1. The molecule has 2 aromatic carbocycles. The van der Waals surface area contributed by atoms with Gasteiger partial charge in [-0.15, -0.1) is 0 Å². The van der Waals surface area contributed by atoms with Gasteiger partial charge in [0.1, 0.15) is 11.3 Å². The normalized spacial score (nSPS) is 15.3. The lowest BCUT2D eigenvalue weighted by Crippen LogP contribution is -2.20. The first-order valence-electron chi connectivity index (χ1n) is 9.47. The molecule has 150 valence electrons. The molecule has 3 nitrogen and oxygen atoms in total. The molecule has 0 heterocycles. The molecule has 1 fully saturated rings. The number of hydrogen-bond donors (Lipinski definition) is 1. The fourth-order valence-corrected chi connectivity index (χ4v) is 3.32. The summed E-state index contributed by atoms with van der Waals surface area (Å²) in [7, 11) is 0. The molecule has 0 radical (unpaired) electrons. The Morgan fingerprint density at radius 3 is 2.39 bits per heavy atom. The number of halogens is 3. The van der Waals surface area contributed by atoms with Crippen LogP contribution in [0.25, 0.3) is 11.1 Å². The first kappa shape index (κ1) is 20.2. The maximum absolute atomic E-state index is 14.0. The monoisotopic (exact) mass is 392 g/mol. The average Bonchev–Trinajstić information content (AvgIpc) is 3.47. The van der Waals surface area contributed by atoms with Crippen molar-refractivity contribution in [3.05, 3.63) is 53.6 Å². The van der Waals surface area contributed by atoms with Crippen LogP contribution in [0.1, 0.15) is 49.7 Å². The smallest absolute Gasteiger partial charge is 0.420 e. The maximum Gasteiger partial charge on any atom is 0.420 e. The molecule has 1 aliphatic rings. The van der Waals surface area contributed by atoms with Crippen LogP contribution in [-0.4, -0.2) is 17.7 Å². The van der Waals surface area contributed by atoms with Gasteiger partial charge in [0.2, 0.25) is 0 Å². The van der Waals surface area contributed by atoms with Crippen LogP contribution < -0.4 is 4.74 Å². The average molecular weight is 392 g/mol. The molecule has 1 aliphatic carbocycles. The molecule has 0 aromatic heterocycles. The molecule has 1 atom stereocenters. The van der Waals surface area contributed by atoms with Crippen molar-refractivity contribution in [2.75, 3.05) is 6.61 Å². The van der Waals surface area contributed by atoms with E-state index in [1.165, 1.54) is 12.1 Å². The maximum atomic E-state index is 14.0. The van der Waals surface area contributed by atoms with E-state index in [1.54, 1.807) is 31.2 Å². The summed E-state index contributed by atoms with van der Waals surface area (Å²) in [6, 6.07) is 11.7. The van der Waals surface area contributed by atoms with Crippen molar-refractivity contribution in [3.63, 3.8) is 0 Å². The van der Waals surface area contributed by atoms with Crippen LogP contribution in [0.3, 0.4) is 0 Å². The van der Waals surface area contributed by atoms with E-state index in [-0.39, 0.29) is 30.3 Å². The summed E-state index contributed by atoms with van der Waals surface area (Å²) >= 11 is 0. The highest BCUT2D eigenvalue weighted by molar-refractivity contribution is 5.79. The summed E-state index contributed by atoms with van der Waals surface area (Å²) in [5.41, 5.74) is 0.0498. The molecular weight excluding hydrogens is 369 g/mol. The Morgan fingerprint density at radius 1 is 1.18 bits per heavy atom. The van der Waals surface area contributed by atoms with E-state index >= 15 is 0 Å². The van der Waals surface area contributed by atoms with E-state index in [9.17, 15) is 23.1 Å². The predicted molar refractivity (Wildman–Crippen MR) is 100 cm³/mol. The summed E-state index contributed by atoms with van der Waals surface area (Å²) in [5, 5.41) is 9.62. The Balaban J connectivity index is 2.19. The second kappa shape index (κ2) is 8.25. The minimum Gasteiger partial charge on any atom is -0.493 e. The van der Waals surface area contributed by atoms with Gasteiger partial charge in [0.25, 0.3) is 0 Å². The van der Waals surface area contributed by atoms with Crippen molar-refractivity contribution in [2.45, 2.75) is 44.7 Å². The van der Waals surface area contributed by atoms with Crippen molar-refractivity contribution in [2.24, 2.45) is 5.92 Å². The fourth-order valence-electron chi connectivity index (χ4n) is 3.32. The van der Waals surface area contributed by atoms with Crippen LogP contribution in [0.5, 0.6) is 5.75 Å². The Hall–Kier alpha value is -2.50. The Kier molecular flexibility index (Phi) is 5.96. The highest BCUT2D eigenvalue weighted by Gasteiger charge is 2.41. The molecule has 2 aromatic rings. The predicted octanol–water partition coefficient (Wildman–Crippen LogP) is 6.13. The Morgan fingerprint density at radius 2 is 1.86 bits per heavy atom. The van der Waals surface area contributed by atoms with E-state index in [0.717, 1.165) is 18.4 Å². The zero-order valence-electron chi connectivity index (χ0n) is 15.6. The van der Waals surface area contributed by atoms with E-state index in [2.05, 4.69) is 0 Å². The van der Waals surface area contributed by atoms with E-state index < -0.39 is 23.6 Å². The molecule has 0 amide bonds. The van der Waals surface area contributed by atoms with E-state index in [1.807, 2.05) is 6.07 Å².